The zero-order chi connectivity index (χ0) is 12.3. The van der Waals surface area contributed by atoms with Crippen LogP contribution < -0.4 is 5.32 Å². The molecule has 0 spiro atoms. The number of carbonyl (C=O) groups is 1. The molecule has 0 aromatic heterocycles. The molecule has 2 amide bonds. The summed E-state index contributed by atoms with van der Waals surface area (Å²) in [4.78, 5) is 13.0. The summed E-state index contributed by atoms with van der Waals surface area (Å²) in [5, 5.41) is 2.68. The maximum absolute atomic E-state index is 12.3. The maximum atomic E-state index is 12.3. The fourth-order valence-electron chi connectivity index (χ4n) is 2.04. The molecule has 1 saturated heterocycles. The highest BCUT2D eigenvalue weighted by Crippen LogP contribution is 2.27. The first-order valence-electron chi connectivity index (χ1n) is 6.11. The Kier molecular flexibility index (Phi) is 4.15. The molecule has 0 bridgehead atoms. The largest absolute Gasteiger partial charge is 0.376 e. The summed E-state index contributed by atoms with van der Waals surface area (Å²) in [6.07, 6.45) is 1.18. The number of halogens is 2. The number of urea groups is 1. The second kappa shape index (κ2) is 5.62. The van der Waals surface area contributed by atoms with Crippen LogP contribution in [0, 0.1) is 0 Å². The lowest BCUT2D eigenvalue weighted by atomic mass is 10.2. The van der Waals surface area contributed by atoms with Gasteiger partial charge in [-0.1, -0.05) is 0 Å². The summed E-state index contributed by atoms with van der Waals surface area (Å²) in [5.41, 5.74) is 0. The van der Waals surface area contributed by atoms with E-state index in [1.165, 1.54) is 4.90 Å². The molecule has 98 valence electrons. The van der Waals surface area contributed by atoms with Gasteiger partial charge in [-0.15, -0.1) is 0 Å². The third kappa shape index (κ3) is 3.80. The standard InChI is InChI=1S/C11H18F2N2O2/c12-10(13)7-15(8-3-4-8)11(16)14-6-9-2-1-5-17-9/h8-10H,1-7H2,(H,14,16)/t9-/m1/s1. The van der Waals surface area contributed by atoms with E-state index in [4.69, 9.17) is 4.74 Å². The molecule has 2 fully saturated rings. The minimum absolute atomic E-state index is 0.00787. The van der Waals surface area contributed by atoms with E-state index in [2.05, 4.69) is 5.32 Å². The van der Waals surface area contributed by atoms with Crippen LogP contribution in [-0.4, -0.2) is 49.2 Å². The van der Waals surface area contributed by atoms with Crippen molar-refractivity contribution in [2.45, 2.75) is 44.3 Å². The summed E-state index contributed by atoms with van der Waals surface area (Å²) in [6, 6.07) is -0.378. The third-order valence-corrected chi connectivity index (χ3v) is 3.09. The van der Waals surface area contributed by atoms with Gasteiger partial charge < -0.3 is 15.0 Å². The summed E-state index contributed by atoms with van der Waals surface area (Å²) >= 11 is 0. The van der Waals surface area contributed by atoms with Crippen LogP contribution in [0.2, 0.25) is 0 Å². The number of rotatable bonds is 5. The van der Waals surface area contributed by atoms with Crippen LogP contribution in [0.15, 0.2) is 0 Å². The number of hydrogen-bond acceptors (Lipinski definition) is 2. The minimum atomic E-state index is -2.47. The molecule has 0 aromatic rings. The summed E-state index contributed by atoms with van der Waals surface area (Å²) in [7, 11) is 0. The lowest BCUT2D eigenvalue weighted by molar-refractivity contribution is 0.0888. The first-order chi connectivity index (χ1) is 8.16. The van der Waals surface area contributed by atoms with Gasteiger partial charge in [0, 0.05) is 19.2 Å². The van der Waals surface area contributed by atoms with Gasteiger partial charge in [0.15, 0.2) is 0 Å². The number of alkyl halides is 2. The Balaban J connectivity index is 1.75. The van der Waals surface area contributed by atoms with Crippen LogP contribution in [0.3, 0.4) is 0 Å². The summed E-state index contributed by atoms with van der Waals surface area (Å²) in [6.45, 7) is 0.678. The van der Waals surface area contributed by atoms with Gasteiger partial charge in [-0.05, 0) is 25.7 Å². The molecule has 0 aromatic carbocycles. The van der Waals surface area contributed by atoms with Crippen molar-refractivity contribution in [3.63, 3.8) is 0 Å². The summed E-state index contributed by atoms with van der Waals surface area (Å²) in [5.74, 6) is 0. The Morgan fingerprint density at radius 1 is 1.41 bits per heavy atom. The van der Waals surface area contributed by atoms with E-state index in [0.717, 1.165) is 32.3 Å². The maximum Gasteiger partial charge on any atom is 0.317 e. The van der Waals surface area contributed by atoms with Crippen molar-refractivity contribution in [3.8, 4) is 0 Å². The molecular formula is C11H18F2N2O2. The van der Waals surface area contributed by atoms with Crippen molar-refractivity contribution >= 4 is 6.03 Å². The van der Waals surface area contributed by atoms with Crippen molar-refractivity contribution < 1.29 is 18.3 Å². The van der Waals surface area contributed by atoms with Gasteiger partial charge in [0.05, 0.1) is 12.6 Å². The van der Waals surface area contributed by atoms with Gasteiger partial charge >= 0.3 is 6.03 Å². The number of carbonyl (C=O) groups excluding carboxylic acids is 1. The quantitative estimate of drug-likeness (QED) is 0.803. The summed E-state index contributed by atoms with van der Waals surface area (Å²) < 4.78 is 30.0. The molecular weight excluding hydrogens is 230 g/mol. The predicted molar refractivity (Wildman–Crippen MR) is 58.1 cm³/mol. The van der Waals surface area contributed by atoms with Crippen LogP contribution in [0.1, 0.15) is 25.7 Å². The topological polar surface area (TPSA) is 41.6 Å². The Morgan fingerprint density at radius 3 is 2.71 bits per heavy atom. The lowest BCUT2D eigenvalue weighted by Gasteiger charge is -2.23. The number of ether oxygens (including phenoxy) is 1. The second-order valence-corrected chi connectivity index (χ2v) is 4.60. The normalized spacial score (nSPS) is 24.1. The highest BCUT2D eigenvalue weighted by molar-refractivity contribution is 5.75. The number of amides is 2. The van der Waals surface area contributed by atoms with Crippen molar-refractivity contribution in [2.75, 3.05) is 19.7 Å². The van der Waals surface area contributed by atoms with Crippen LogP contribution in [-0.2, 0) is 4.74 Å². The average molecular weight is 248 g/mol. The molecule has 6 heteroatoms. The van der Waals surface area contributed by atoms with Gasteiger partial charge in [-0.25, -0.2) is 13.6 Å². The van der Waals surface area contributed by atoms with E-state index in [9.17, 15) is 13.6 Å². The SMILES string of the molecule is O=C(NC[C@H]1CCCO1)N(CC(F)F)C1CC1. The van der Waals surface area contributed by atoms with Crippen molar-refractivity contribution in [1.29, 1.82) is 0 Å². The first-order valence-corrected chi connectivity index (χ1v) is 6.11. The Hall–Kier alpha value is -0.910. The highest BCUT2D eigenvalue weighted by atomic mass is 19.3. The van der Waals surface area contributed by atoms with E-state index in [0.29, 0.717) is 6.54 Å². The zero-order valence-electron chi connectivity index (χ0n) is 9.70. The molecule has 0 radical (unpaired) electrons. The molecule has 4 nitrogen and oxygen atoms in total. The Morgan fingerprint density at radius 2 is 2.18 bits per heavy atom. The Labute approximate surface area is 99.3 Å². The van der Waals surface area contributed by atoms with Gasteiger partial charge in [-0.2, -0.15) is 0 Å². The predicted octanol–water partition coefficient (Wildman–Crippen LogP) is 1.60. The molecule has 0 unspecified atom stereocenters. The van der Waals surface area contributed by atoms with E-state index in [-0.39, 0.29) is 18.2 Å². The molecule has 2 aliphatic rings. The first kappa shape index (κ1) is 12.5. The van der Waals surface area contributed by atoms with E-state index >= 15 is 0 Å². The van der Waals surface area contributed by atoms with Gasteiger partial charge in [0.25, 0.3) is 6.43 Å². The number of hydrogen-bond donors (Lipinski definition) is 1. The molecule has 1 atom stereocenters. The van der Waals surface area contributed by atoms with Crippen LogP contribution in [0.4, 0.5) is 13.6 Å². The van der Waals surface area contributed by atoms with Crippen LogP contribution in [0.5, 0.6) is 0 Å². The van der Waals surface area contributed by atoms with E-state index in [1.807, 2.05) is 0 Å². The molecule has 1 N–H and O–H groups in total. The van der Waals surface area contributed by atoms with Gasteiger partial charge in [-0.3, -0.25) is 0 Å². The monoisotopic (exact) mass is 248 g/mol. The molecule has 1 aliphatic carbocycles. The lowest BCUT2D eigenvalue weighted by Crippen LogP contribution is -2.45. The van der Waals surface area contributed by atoms with Crippen LogP contribution in [0.25, 0.3) is 0 Å². The number of nitrogens with one attached hydrogen (secondary N) is 1. The van der Waals surface area contributed by atoms with Crippen molar-refractivity contribution in [2.24, 2.45) is 0 Å². The number of nitrogens with zero attached hydrogens (tertiary/aromatic N) is 1. The molecule has 17 heavy (non-hydrogen) atoms. The fourth-order valence-corrected chi connectivity index (χ4v) is 2.04. The van der Waals surface area contributed by atoms with Crippen molar-refractivity contribution in [1.82, 2.24) is 10.2 Å². The smallest absolute Gasteiger partial charge is 0.317 e. The van der Waals surface area contributed by atoms with E-state index < -0.39 is 13.0 Å². The van der Waals surface area contributed by atoms with Gasteiger partial charge in [0.2, 0.25) is 0 Å². The highest BCUT2D eigenvalue weighted by Gasteiger charge is 2.34. The average Bonchev–Trinajstić information content (AvgIpc) is 2.99. The molecule has 1 heterocycles. The van der Waals surface area contributed by atoms with Crippen molar-refractivity contribution in [3.05, 3.63) is 0 Å². The van der Waals surface area contributed by atoms with Gasteiger partial charge in [0.1, 0.15) is 0 Å². The fraction of sp³-hybridized carbons (Fsp3) is 0.909. The molecule has 1 saturated carbocycles. The minimum Gasteiger partial charge on any atom is -0.376 e. The zero-order valence-corrected chi connectivity index (χ0v) is 9.70. The third-order valence-electron chi connectivity index (χ3n) is 3.09. The molecule has 2 rings (SSSR count). The van der Waals surface area contributed by atoms with E-state index in [1.54, 1.807) is 0 Å². The molecule has 1 aliphatic heterocycles. The van der Waals surface area contributed by atoms with Crippen LogP contribution >= 0.6 is 0 Å². The Bertz CT molecular complexity index is 266. The second-order valence-electron chi connectivity index (χ2n) is 4.60.